The summed E-state index contributed by atoms with van der Waals surface area (Å²) in [6, 6.07) is 9.10. The van der Waals surface area contributed by atoms with Crippen molar-refractivity contribution in [3.05, 3.63) is 35.4 Å². The number of fused-ring (bicyclic) bond motifs is 5. The third-order valence-corrected chi connectivity index (χ3v) is 7.00. The highest BCUT2D eigenvalue weighted by Gasteiger charge is 2.56. The van der Waals surface area contributed by atoms with E-state index < -0.39 is 0 Å². The Balaban J connectivity index is 1.78. The fourth-order valence-electron chi connectivity index (χ4n) is 5.92. The van der Waals surface area contributed by atoms with Gasteiger partial charge in [-0.05, 0) is 72.3 Å². The summed E-state index contributed by atoms with van der Waals surface area (Å²) in [5.41, 5.74) is 3.94. The fourth-order valence-corrected chi connectivity index (χ4v) is 5.92. The van der Waals surface area contributed by atoms with E-state index in [1.807, 2.05) is 0 Å². The Morgan fingerprint density at radius 2 is 1.90 bits per heavy atom. The van der Waals surface area contributed by atoms with Gasteiger partial charge in [-0.3, -0.25) is 0 Å². The summed E-state index contributed by atoms with van der Waals surface area (Å²) in [4.78, 5) is 0. The molecule has 0 spiro atoms. The van der Waals surface area contributed by atoms with Gasteiger partial charge in [0.2, 0.25) is 0 Å². The first-order chi connectivity index (χ1) is 9.53. The van der Waals surface area contributed by atoms with E-state index in [2.05, 4.69) is 38.1 Å². The summed E-state index contributed by atoms with van der Waals surface area (Å²) < 4.78 is 0. The molecule has 5 atom stereocenters. The zero-order valence-corrected chi connectivity index (χ0v) is 12.7. The highest BCUT2D eigenvalue weighted by Crippen LogP contribution is 2.62. The molecule has 2 saturated carbocycles. The molecule has 1 aromatic carbocycles. The van der Waals surface area contributed by atoms with E-state index in [1.54, 1.807) is 11.1 Å². The molecule has 1 N–H and O–H groups in total. The van der Waals surface area contributed by atoms with E-state index >= 15 is 0 Å². The Kier molecular flexibility index (Phi) is 2.64. The third-order valence-electron chi connectivity index (χ3n) is 7.00. The van der Waals surface area contributed by atoms with Crippen molar-refractivity contribution < 1.29 is 5.11 Å². The second-order valence-electron chi connectivity index (χ2n) is 8.07. The molecule has 1 nitrogen and oxygen atoms in total. The van der Waals surface area contributed by atoms with Gasteiger partial charge >= 0.3 is 0 Å². The van der Waals surface area contributed by atoms with Gasteiger partial charge in [-0.25, -0.2) is 0 Å². The van der Waals surface area contributed by atoms with E-state index in [4.69, 9.17) is 0 Å². The minimum Gasteiger partial charge on any atom is -0.393 e. The minimum absolute atomic E-state index is 0.0514. The van der Waals surface area contributed by atoms with Crippen LogP contribution in [-0.2, 0) is 11.8 Å². The molecule has 0 aliphatic heterocycles. The normalized spacial score (nSPS) is 46.5. The lowest BCUT2D eigenvalue weighted by atomic mass is 9.49. The smallest absolute Gasteiger partial charge is 0.0548 e. The Morgan fingerprint density at radius 1 is 1.10 bits per heavy atom. The maximum atomic E-state index is 10.2. The first-order valence-corrected chi connectivity index (χ1v) is 8.29. The Labute approximate surface area is 122 Å². The first-order valence-electron chi connectivity index (χ1n) is 8.29. The summed E-state index contributed by atoms with van der Waals surface area (Å²) >= 11 is 0. The molecule has 0 unspecified atom stereocenters. The van der Waals surface area contributed by atoms with Crippen LogP contribution in [0.3, 0.4) is 0 Å². The van der Waals surface area contributed by atoms with Crippen molar-refractivity contribution in [1.82, 2.24) is 0 Å². The van der Waals surface area contributed by atoms with Crippen molar-refractivity contribution in [2.24, 2.45) is 17.3 Å². The van der Waals surface area contributed by atoms with Crippen molar-refractivity contribution in [1.29, 1.82) is 0 Å². The van der Waals surface area contributed by atoms with Crippen LogP contribution in [0.15, 0.2) is 24.3 Å². The maximum Gasteiger partial charge on any atom is 0.0548 e. The predicted molar refractivity (Wildman–Crippen MR) is 81.7 cm³/mol. The molecule has 3 aliphatic rings. The molecule has 1 aromatic rings. The van der Waals surface area contributed by atoms with Crippen LogP contribution in [0.5, 0.6) is 0 Å². The van der Waals surface area contributed by atoms with Crippen LogP contribution in [0.4, 0.5) is 0 Å². The van der Waals surface area contributed by atoms with Gasteiger partial charge in [-0.2, -0.15) is 0 Å². The van der Waals surface area contributed by atoms with Gasteiger partial charge in [0.25, 0.3) is 0 Å². The first kappa shape index (κ1) is 12.9. The Bertz CT molecular complexity index is 536. The number of hydrogen-bond donors (Lipinski definition) is 1. The van der Waals surface area contributed by atoms with Gasteiger partial charge in [0.15, 0.2) is 0 Å². The van der Waals surface area contributed by atoms with E-state index in [1.165, 1.54) is 25.7 Å². The van der Waals surface area contributed by atoms with Crippen molar-refractivity contribution >= 4 is 0 Å². The van der Waals surface area contributed by atoms with Gasteiger partial charge in [0.1, 0.15) is 0 Å². The monoisotopic (exact) mass is 270 g/mol. The standard InChI is InChI=1S/C19H26O/c1-18-9-10-19(2)15-6-4-3-5-13(15)7-8-16(19)17(18)11-14(20)12-18/h3-6,14,16-17,20H,7-12H2,1-2H3/t14-,16+,17+,18-,19-/m1/s1. The van der Waals surface area contributed by atoms with Crippen LogP contribution in [-0.4, -0.2) is 11.2 Å². The van der Waals surface area contributed by atoms with Crippen LogP contribution < -0.4 is 0 Å². The van der Waals surface area contributed by atoms with Crippen LogP contribution in [0.2, 0.25) is 0 Å². The quantitative estimate of drug-likeness (QED) is 0.753. The number of aryl methyl sites for hydroxylation is 1. The summed E-state index contributed by atoms with van der Waals surface area (Å²) in [5, 5.41) is 10.2. The summed E-state index contributed by atoms with van der Waals surface area (Å²) in [6.07, 6.45) is 7.17. The molecular formula is C19H26O. The van der Waals surface area contributed by atoms with Gasteiger partial charge in [0.05, 0.1) is 6.10 Å². The van der Waals surface area contributed by atoms with Crippen molar-refractivity contribution in [3.63, 3.8) is 0 Å². The van der Waals surface area contributed by atoms with Crippen molar-refractivity contribution in [3.8, 4) is 0 Å². The molecule has 1 heteroatoms. The lowest BCUT2D eigenvalue weighted by Crippen LogP contribution is -2.49. The van der Waals surface area contributed by atoms with Gasteiger partial charge in [0, 0.05) is 0 Å². The van der Waals surface area contributed by atoms with Crippen LogP contribution in [0, 0.1) is 17.3 Å². The molecule has 0 aromatic heterocycles. The van der Waals surface area contributed by atoms with E-state index in [9.17, 15) is 5.11 Å². The average Bonchev–Trinajstić information content (AvgIpc) is 2.74. The third kappa shape index (κ3) is 1.59. The highest BCUT2D eigenvalue weighted by molar-refractivity contribution is 5.38. The molecule has 108 valence electrons. The SMILES string of the molecule is C[C@]12CC[C@]3(C)c4ccccc4CC[C@H]3[C@@H]1C[C@@H](O)C2. The molecular weight excluding hydrogens is 244 g/mol. The predicted octanol–water partition coefficient (Wildman–Crippen LogP) is 4.08. The van der Waals surface area contributed by atoms with Crippen molar-refractivity contribution in [2.75, 3.05) is 0 Å². The second kappa shape index (κ2) is 4.10. The van der Waals surface area contributed by atoms with E-state index in [0.717, 1.165) is 24.7 Å². The number of hydrogen-bond acceptors (Lipinski definition) is 1. The fraction of sp³-hybridized carbons (Fsp3) is 0.684. The molecule has 20 heavy (non-hydrogen) atoms. The van der Waals surface area contributed by atoms with Gasteiger partial charge in [-0.1, -0.05) is 38.1 Å². The second-order valence-corrected chi connectivity index (χ2v) is 8.07. The number of benzene rings is 1. The molecule has 0 radical (unpaired) electrons. The zero-order valence-electron chi connectivity index (χ0n) is 12.7. The Hall–Kier alpha value is -0.820. The molecule has 0 heterocycles. The minimum atomic E-state index is -0.0514. The van der Waals surface area contributed by atoms with Crippen LogP contribution in [0.1, 0.15) is 57.1 Å². The van der Waals surface area contributed by atoms with Crippen LogP contribution in [0.25, 0.3) is 0 Å². The van der Waals surface area contributed by atoms with Gasteiger partial charge < -0.3 is 5.11 Å². The molecule has 3 aliphatic carbocycles. The van der Waals surface area contributed by atoms with Gasteiger partial charge in [-0.15, -0.1) is 0 Å². The topological polar surface area (TPSA) is 20.2 Å². The van der Waals surface area contributed by atoms with Crippen LogP contribution >= 0.6 is 0 Å². The lowest BCUT2D eigenvalue weighted by Gasteiger charge is -2.55. The molecule has 0 amide bonds. The van der Waals surface area contributed by atoms with E-state index in [0.29, 0.717) is 10.8 Å². The zero-order chi connectivity index (χ0) is 14.0. The van der Waals surface area contributed by atoms with E-state index in [-0.39, 0.29) is 6.10 Å². The average molecular weight is 270 g/mol. The maximum absolute atomic E-state index is 10.2. The lowest BCUT2D eigenvalue weighted by molar-refractivity contribution is 0.0141. The number of aliphatic hydroxyl groups is 1. The largest absolute Gasteiger partial charge is 0.393 e. The molecule has 2 fully saturated rings. The summed E-state index contributed by atoms with van der Waals surface area (Å²) in [5.74, 6) is 1.50. The molecule has 0 saturated heterocycles. The molecule has 0 bridgehead atoms. The van der Waals surface area contributed by atoms with Crippen molar-refractivity contribution in [2.45, 2.75) is 63.9 Å². The summed E-state index contributed by atoms with van der Waals surface area (Å²) in [7, 11) is 0. The number of aliphatic hydroxyl groups excluding tert-OH is 1. The highest BCUT2D eigenvalue weighted by atomic mass is 16.3. The summed E-state index contributed by atoms with van der Waals surface area (Å²) in [6.45, 7) is 4.94. The Morgan fingerprint density at radius 3 is 2.75 bits per heavy atom. The molecule has 4 rings (SSSR count). The number of rotatable bonds is 0.